The van der Waals surface area contributed by atoms with Crippen LogP contribution in [0.1, 0.15) is 5.56 Å². The van der Waals surface area contributed by atoms with Crippen molar-refractivity contribution in [3.63, 3.8) is 0 Å². The standard InChI is InChI=1S/C17H16N4O2/c18-16-15(11-19-21(16)14-9-5-2-6-10-14)20-17(22)23-12-13-7-3-1-4-8-13/h1-11H,12,18H2,(H,20,22). The van der Waals surface area contributed by atoms with Gasteiger partial charge in [-0.2, -0.15) is 5.10 Å². The minimum Gasteiger partial charge on any atom is -0.444 e. The molecule has 0 saturated heterocycles. The molecule has 0 saturated carbocycles. The quantitative estimate of drug-likeness (QED) is 0.775. The van der Waals surface area contributed by atoms with Crippen LogP contribution >= 0.6 is 0 Å². The second kappa shape index (κ2) is 6.65. The minimum absolute atomic E-state index is 0.194. The molecule has 1 aromatic heterocycles. The zero-order chi connectivity index (χ0) is 16.1. The van der Waals surface area contributed by atoms with Gasteiger partial charge >= 0.3 is 6.09 Å². The van der Waals surface area contributed by atoms with E-state index in [1.165, 1.54) is 6.20 Å². The lowest BCUT2D eigenvalue weighted by molar-refractivity contribution is 0.155. The topological polar surface area (TPSA) is 82.2 Å². The zero-order valence-corrected chi connectivity index (χ0v) is 12.3. The van der Waals surface area contributed by atoms with E-state index < -0.39 is 6.09 Å². The van der Waals surface area contributed by atoms with E-state index in [4.69, 9.17) is 10.5 Å². The molecular weight excluding hydrogens is 292 g/mol. The van der Waals surface area contributed by atoms with Gasteiger partial charge in [0.15, 0.2) is 5.82 Å². The van der Waals surface area contributed by atoms with Gasteiger partial charge < -0.3 is 10.5 Å². The highest BCUT2D eigenvalue weighted by Crippen LogP contribution is 2.21. The van der Waals surface area contributed by atoms with Crippen molar-refractivity contribution in [2.75, 3.05) is 11.1 Å². The minimum atomic E-state index is -0.576. The molecule has 0 unspecified atom stereocenters. The number of ether oxygens (including phenoxy) is 1. The number of anilines is 2. The lowest BCUT2D eigenvalue weighted by Crippen LogP contribution is -2.14. The van der Waals surface area contributed by atoms with Gasteiger partial charge in [0.05, 0.1) is 11.9 Å². The van der Waals surface area contributed by atoms with Gasteiger partial charge in [0.25, 0.3) is 0 Å². The first-order valence-electron chi connectivity index (χ1n) is 7.10. The molecule has 1 heterocycles. The Morgan fingerprint density at radius 1 is 1.09 bits per heavy atom. The largest absolute Gasteiger partial charge is 0.444 e. The van der Waals surface area contributed by atoms with E-state index in [1.54, 1.807) is 4.68 Å². The van der Waals surface area contributed by atoms with E-state index in [2.05, 4.69) is 10.4 Å². The maximum atomic E-state index is 11.9. The third-order valence-electron chi connectivity index (χ3n) is 3.26. The predicted octanol–water partition coefficient (Wildman–Crippen LogP) is 3.20. The first-order valence-corrected chi connectivity index (χ1v) is 7.10. The summed E-state index contributed by atoms with van der Waals surface area (Å²) in [6.45, 7) is 0.194. The molecule has 3 aromatic rings. The number of hydrogen-bond acceptors (Lipinski definition) is 4. The molecule has 0 aliphatic rings. The van der Waals surface area contributed by atoms with Crippen LogP contribution in [-0.4, -0.2) is 15.9 Å². The highest BCUT2D eigenvalue weighted by atomic mass is 16.5. The van der Waals surface area contributed by atoms with Crippen LogP contribution in [0.15, 0.2) is 66.9 Å². The van der Waals surface area contributed by atoms with Crippen LogP contribution in [-0.2, 0) is 11.3 Å². The van der Waals surface area contributed by atoms with Gasteiger partial charge in [-0.05, 0) is 17.7 Å². The van der Waals surface area contributed by atoms with Crippen LogP contribution < -0.4 is 11.1 Å². The molecule has 0 aliphatic heterocycles. The summed E-state index contributed by atoms with van der Waals surface area (Å²) in [4.78, 5) is 11.9. The number of nitrogens with one attached hydrogen (secondary N) is 1. The van der Waals surface area contributed by atoms with Crippen molar-refractivity contribution >= 4 is 17.6 Å². The second-order valence-electron chi connectivity index (χ2n) is 4.88. The number of rotatable bonds is 4. The zero-order valence-electron chi connectivity index (χ0n) is 12.3. The van der Waals surface area contributed by atoms with E-state index in [9.17, 15) is 4.79 Å². The second-order valence-corrected chi connectivity index (χ2v) is 4.88. The number of aromatic nitrogens is 2. The number of para-hydroxylation sites is 1. The molecule has 0 atom stereocenters. The first kappa shape index (κ1) is 14.6. The van der Waals surface area contributed by atoms with E-state index >= 15 is 0 Å². The van der Waals surface area contributed by atoms with E-state index in [0.717, 1.165) is 11.3 Å². The molecule has 0 bridgehead atoms. The van der Waals surface area contributed by atoms with Crippen molar-refractivity contribution in [1.29, 1.82) is 0 Å². The van der Waals surface area contributed by atoms with Crippen molar-refractivity contribution in [3.05, 3.63) is 72.4 Å². The molecule has 3 N–H and O–H groups in total. The third kappa shape index (κ3) is 3.49. The number of nitrogens with zero attached hydrogens (tertiary/aromatic N) is 2. The Morgan fingerprint density at radius 3 is 2.43 bits per heavy atom. The van der Waals surface area contributed by atoms with Crippen LogP contribution in [0.3, 0.4) is 0 Å². The van der Waals surface area contributed by atoms with Gasteiger partial charge in [0.2, 0.25) is 0 Å². The summed E-state index contributed by atoms with van der Waals surface area (Å²) in [6.07, 6.45) is 0.916. The van der Waals surface area contributed by atoms with Gasteiger partial charge in [-0.3, -0.25) is 5.32 Å². The molecule has 116 valence electrons. The van der Waals surface area contributed by atoms with Gasteiger partial charge in [-0.1, -0.05) is 48.5 Å². The average Bonchev–Trinajstić information content (AvgIpc) is 2.95. The Balaban J connectivity index is 1.64. The Hall–Kier alpha value is -3.28. The normalized spacial score (nSPS) is 10.3. The Labute approximate surface area is 133 Å². The van der Waals surface area contributed by atoms with Crippen molar-refractivity contribution < 1.29 is 9.53 Å². The summed E-state index contributed by atoms with van der Waals surface area (Å²) >= 11 is 0. The van der Waals surface area contributed by atoms with Gasteiger partial charge in [-0.25, -0.2) is 9.48 Å². The SMILES string of the molecule is Nc1c(NC(=O)OCc2ccccc2)cnn1-c1ccccc1. The number of benzene rings is 2. The Kier molecular flexibility index (Phi) is 4.24. The molecule has 1 amide bonds. The van der Waals surface area contributed by atoms with Crippen molar-refractivity contribution in [2.45, 2.75) is 6.61 Å². The number of hydrogen-bond donors (Lipinski definition) is 2. The summed E-state index contributed by atoms with van der Waals surface area (Å²) in [5.74, 6) is 0.341. The lowest BCUT2D eigenvalue weighted by atomic mass is 10.2. The van der Waals surface area contributed by atoms with Crippen LogP contribution in [0.25, 0.3) is 5.69 Å². The molecule has 6 nitrogen and oxygen atoms in total. The summed E-state index contributed by atoms with van der Waals surface area (Å²) in [5.41, 5.74) is 8.16. The predicted molar refractivity (Wildman–Crippen MR) is 88.2 cm³/mol. The number of carbonyl (C=O) groups excluding carboxylic acids is 1. The summed E-state index contributed by atoms with van der Waals surface area (Å²) < 4.78 is 6.71. The van der Waals surface area contributed by atoms with E-state index in [0.29, 0.717) is 11.5 Å². The first-order chi connectivity index (χ1) is 11.2. The molecule has 6 heteroatoms. The molecular formula is C17H16N4O2. The maximum Gasteiger partial charge on any atom is 0.412 e. The molecule has 0 spiro atoms. The Morgan fingerprint density at radius 2 is 1.74 bits per heavy atom. The number of nitrogens with two attached hydrogens (primary N) is 1. The monoisotopic (exact) mass is 308 g/mol. The summed E-state index contributed by atoms with van der Waals surface area (Å²) in [5, 5.41) is 6.78. The van der Waals surface area contributed by atoms with Crippen LogP contribution in [0, 0.1) is 0 Å². The molecule has 0 radical (unpaired) electrons. The van der Waals surface area contributed by atoms with E-state index in [1.807, 2.05) is 60.7 Å². The third-order valence-corrected chi connectivity index (χ3v) is 3.26. The molecule has 0 fully saturated rings. The fourth-order valence-corrected chi connectivity index (χ4v) is 2.10. The van der Waals surface area contributed by atoms with Crippen LogP contribution in [0.4, 0.5) is 16.3 Å². The number of carbonyl (C=O) groups is 1. The van der Waals surface area contributed by atoms with Crippen molar-refractivity contribution in [3.8, 4) is 5.69 Å². The summed E-state index contributed by atoms with van der Waals surface area (Å²) in [6, 6.07) is 18.9. The fourth-order valence-electron chi connectivity index (χ4n) is 2.10. The molecule has 3 rings (SSSR count). The highest BCUT2D eigenvalue weighted by Gasteiger charge is 2.12. The van der Waals surface area contributed by atoms with Gasteiger partial charge in [-0.15, -0.1) is 0 Å². The smallest absolute Gasteiger partial charge is 0.412 e. The van der Waals surface area contributed by atoms with Gasteiger partial charge in [0.1, 0.15) is 12.3 Å². The number of amides is 1. The Bertz CT molecular complexity index is 785. The average molecular weight is 308 g/mol. The van der Waals surface area contributed by atoms with Crippen LogP contribution in [0.5, 0.6) is 0 Å². The highest BCUT2D eigenvalue weighted by molar-refractivity contribution is 5.88. The van der Waals surface area contributed by atoms with Crippen molar-refractivity contribution in [1.82, 2.24) is 9.78 Å². The van der Waals surface area contributed by atoms with E-state index in [-0.39, 0.29) is 6.61 Å². The molecule has 2 aromatic carbocycles. The van der Waals surface area contributed by atoms with Crippen LogP contribution in [0.2, 0.25) is 0 Å². The van der Waals surface area contributed by atoms with Gasteiger partial charge in [0, 0.05) is 0 Å². The fraction of sp³-hybridized carbons (Fsp3) is 0.0588. The summed E-state index contributed by atoms with van der Waals surface area (Å²) in [7, 11) is 0. The molecule has 0 aliphatic carbocycles. The maximum absolute atomic E-state index is 11.9. The van der Waals surface area contributed by atoms with Crippen molar-refractivity contribution in [2.24, 2.45) is 0 Å². The lowest BCUT2D eigenvalue weighted by Gasteiger charge is -2.07. The molecule has 23 heavy (non-hydrogen) atoms. The number of nitrogen functional groups attached to an aromatic ring is 1.